The van der Waals surface area contributed by atoms with Crippen LogP contribution in [0.3, 0.4) is 0 Å². The molecule has 5 rings (SSSR count). The van der Waals surface area contributed by atoms with Crippen LogP contribution in [-0.2, 0) is 11.3 Å². The fourth-order valence-corrected chi connectivity index (χ4v) is 5.72. The van der Waals surface area contributed by atoms with Crippen molar-refractivity contribution in [1.82, 2.24) is 19.8 Å². The number of rotatable bonds is 3. The van der Waals surface area contributed by atoms with Gasteiger partial charge in [-0.3, -0.25) is 14.2 Å². The molecule has 1 N–H and O–H groups in total. The Morgan fingerprint density at radius 2 is 2.04 bits per heavy atom. The zero-order valence-corrected chi connectivity index (χ0v) is 16.9. The molecule has 5 heterocycles. The van der Waals surface area contributed by atoms with Crippen molar-refractivity contribution in [2.75, 3.05) is 26.2 Å². The largest absolute Gasteiger partial charge is 0.340 e. The van der Waals surface area contributed by atoms with Gasteiger partial charge in [0.2, 0.25) is 5.91 Å². The summed E-state index contributed by atoms with van der Waals surface area (Å²) in [6.07, 6.45) is 1.51. The fourth-order valence-electron chi connectivity index (χ4n) is 4.00. The van der Waals surface area contributed by atoms with E-state index in [1.165, 1.54) is 22.2 Å². The highest BCUT2D eigenvalue weighted by molar-refractivity contribution is 7.18. The Morgan fingerprint density at radius 1 is 1.26 bits per heavy atom. The highest BCUT2D eigenvalue weighted by atomic mass is 35.5. The van der Waals surface area contributed by atoms with Crippen LogP contribution in [0.1, 0.15) is 0 Å². The van der Waals surface area contributed by atoms with Crippen LogP contribution < -0.4 is 10.9 Å². The Hall–Kier alpha value is -1.74. The molecular formula is C18H19ClN4O2S2. The number of thiophene rings is 2. The number of nitrogens with one attached hydrogen (secondary N) is 1. The van der Waals surface area contributed by atoms with Gasteiger partial charge in [-0.25, -0.2) is 4.98 Å². The first-order chi connectivity index (χ1) is 12.7. The van der Waals surface area contributed by atoms with E-state index in [-0.39, 0.29) is 30.4 Å². The van der Waals surface area contributed by atoms with Crippen LogP contribution in [0.5, 0.6) is 0 Å². The highest BCUT2D eigenvalue weighted by Gasteiger charge is 2.38. The molecule has 2 aliphatic rings. The normalized spacial score (nSPS) is 21.4. The summed E-state index contributed by atoms with van der Waals surface area (Å²) in [4.78, 5) is 33.8. The van der Waals surface area contributed by atoms with E-state index < -0.39 is 0 Å². The molecule has 9 heteroatoms. The molecule has 0 spiro atoms. The molecule has 0 bridgehead atoms. The summed E-state index contributed by atoms with van der Waals surface area (Å²) in [7, 11) is 0. The average molecular weight is 423 g/mol. The number of likely N-dealkylation sites (tertiary alicyclic amines) is 1. The van der Waals surface area contributed by atoms with Crippen molar-refractivity contribution in [2.45, 2.75) is 6.54 Å². The number of amides is 1. The Morgan fingerprint density at radius 3 is 2.74 bits per heavy atom. The molecule has 0 unspecified atom stereocenters. The second-order valence-electron chi connectivity index (χ2n) is 6.96. The maximum atomic E-state index is 13.0. The molecule has 0 saturated carbocycles. The fraction of sp³-hybridized carbons (Fsp3) is 0.389. The van der Waals surface area contributed by atoms with E-state index in [2.05, 4.69) is 10.3 Å². The molecule has 0 radical (unpaired) electrons. The molecule has 2 fully saturated rings. The molecular weight excluding hydrogens is 404 g/mol. The molecule has 1 amide bonds. The third-order valence-corrected chi connectivity index (χ3v) is 7.18. The lowest BCUT2D eigenvalue weighted by atomic mass is 10.0. The number of hydrogen-bond acceptors (Lipinski definition) is 6. The van der Waals surface area contributed by atoms with Crippen LogP contribution in [0.2, 0.25) is 0 Å². The minimum atomic E-state index is -0.131. The lowest BCUT2D eigenvalue weighted by Crippen LogP contribution is -2.36. The predicted octanol–water partition coefficient (Wildman–Crippen LogP) is 2.29. The molecule has 2 atom stereocenters. The van der Waals surface area contributed by atoms with Crippen LogP contribution in [0.4, 0.5) is 0 Å². The van der Waals surface area contributed by atoms with Gasteiger partial charge in [0, 0.05) is 42.0 Å². The van der Waals surface area contributed by atoms with Gasteiger partial charge in [0.05, 0.1) is 11.7 Å². The lowest BCUT2D eigenvalue weighted by molar-refractivity contribution is -0.131. The number of fused-ring (bicyclic) bond motifs is 2. The first kappa shape index (κ1) is 18.6. The van der Waals surface area contributed by atoms with E-state index in [1.807, 2.05) is 27.8 Å². The van der Waals surface area contributed by atoms with E-state index >= 15 is 0 Å². The molecule has 3 aromatic rings. The van der Waals surface area contributed by atoms with Crippen molar-refractivity contribution < 1.29 is 4.79 Å². The molecule has 27 heavy (non-hydrogen) atoms. The molecule has 6 nitrogen and oxygen atoms in total. The lowest BCUT2D eigenvalue weighted by Gasteiger charge is -2.18. The number of hydrogen-bond donors (Lipinski definition) is 1. The Bertz CT molecular complexity index is 1020. The molecule has 0 aliphatic carbocycles. The number of halogens is 1. The molecule has 3 aromatic heterocycles. The third-order valence-electron chi connectivity index (χ3n) is 5.40. The maximum absolute atomic E-state index is 13.0. The van der Waals surface area contributed by atoms with E-state index in [9.17, 15) is 9.59 Å². The second kappa shape index (κ2) is 7.35. The van der Waals surface area contributed by atoms with E-state index in [4.69, 9.17) is 0 Å². The summed E-state index contributed by atoms with van der Waals surface area (Å²) in [5.74, 6) is 1.12. The Kier molecular flexibility index (Phi) is 5.07. The van der Waals surface area contributed by atoms with Crippen molar-refractivity contribution in [1.29, 1.82) is 0 Å². The van der Waals surface area contributed by atoms with Gasteiger partial charge in [0.15, 0.2) is 0 Å². The Labute approximate surface area is 170 Å². The highest BCUT2D eigenvalue weighted by Crippen LogP contribution is 2.33. The van der Waals surface area contributed by atoms with Gasteiger partial charge in [-0.05, 0) is 23.3 Å². The van der Waals surface area contributed by atoms with Gasteiger partial charge in [-0.15, -0.1) is 35.1 Å². The van der Waals surface area contributed by atoms with E-state index in [1.54, 1.807) is 11.3 Å². The standard InChI is InChI=1S/C18H18N4O2S2.ClH/c23-15(21-6-11-4-19-5-12(11)7-21)8-22-10-20-17-16(18(22)24)13(9-26-17)14-2-1-3-25-14;/h1-3,9-12,19H,4-8H2;1H/t11-,12+;. The van der Waals surface area contributed by atoms with Crippen LogP contribution in [0, 0.1) is 11.8 Å². The van der Waals surface area contributed by atoms with Crippen LogP contribution in [0.15, 0.2) is 34.0 Å². The number of aromatic nitrogens is 2. The number of carbonyl (C=O) groups excluding carboxylic acids is 1. The van der Waals surface area contributed by atoms with Gasteiger partial charge in [-0.1, -0.05) is 6.07 Å². The first-order valence-corrected chi connectivity index (χ1v) is 10.5. The predicted molar refractivity (Wildman–Crippen MR) is 111 cm³/mol. The van der Waals surface area contributed by atoms with Crippen molar-refractivity contribution in [3.8, 4) is 10.4 Å². The Balaban J connectivity index is 0.00000180. The zero-order valence-electron chi connectivity index (χ0n) is 14.5. The second-order valence-corrected chi connectivity index (χ2v) is 8.77. The average Bonchev–Trinajstić information content (AvgIpc) is 3.39. The van der Waals surface area contributed by atoms with Crippen molar-refractivity contribution in [3.05, 3.63) is 39.6 Å². The summed E-state index contributed by atoms with van der Waals surface area (Å²) in [6.45, 7) is 3.62. The minimum Gasteiger partial charge on any atom is -0.340 e. The topological polar surface area (TPSA) is 67.2 Å². The SMILES string of the molecule is Cl.O=C(Cn1cnc2scc(-c3cccs3)c2c1=O)N1C[C@H]2CNC[C@H]2C1. The van der Waals surface area contributed by atoms with Crippen LogP contribution >= 0.6 is 35.1 Å². The molecule has 2 aliphatic heterocycles. The number of carbonyl (C=O) groups is 1. The third kappa shape index (κ3) is 3.20. The minimum absolute atomic E-state index is 0. The molecule has 2 saturated heterocycles. The summed E-state index contributed by atoms with van der Waals surface area (Å²) >= 11 is 3.07. The van der Waals surface area contributed by atoms with Crippen LogP contribution in [0.25, 0.3) is 20.7 Å². The van der Waals surface area contributed by atoms with E-state index in [0.29, 0.717) is 17.2 Å². The quantitative estimate of drug-likeness (QED) is 0.703. The molecule has 0 aromatic carbocycles. The first-order valence-electron chi connectivity index (χ1n) is 8.69. The monoisotopic (exact) mass is 422 g/mol. The van der Waals surface area contributed by atoms with Gasteiger partial charge >= 0.3 is 0 Å². The van der Waals surface area contributed by atoms with Gasteiger partial charge < -0.3 is 10.2 Å². The van der Waals surface area contributed by atoms with Gasteiger partial charge in [-0.2, -0.15) is 0 Å². The maximum Gasteiger partial charge on any atom is 0.263 e. The van der Waals surface area contributed by atoms with Crippen LogP contribution in [-0.4, -0.2) is 46.5 Å². The summed E-state index contributed by atoms with van der Waals surface area (Å²) < 4.78 is 1.46. The van der Waals surface area contributed by atoms with Crippen molar-refractivity contribution >= 4 is 51.2 Å². The number of nitrogens with zero attached hydrogens (tertiary/aromatic N) is 3. The van der Waals surface area contributed by atoms with Gasteiger partial charge in [0.1, 0.15) is 11.4 Å². The van der Waals surface area contributed by atoms with E-state index in [0.717, 1.165) is 41.5 Å². The summed E-state index contributed by atoms with van der Waals surface area (Å²) in [6, 6.07) is 3.98. The van der Waals surface area contributed by atoms with Crippen molar-refractivity contribution in [3.63, 3.8) is 0 Å². The summed E-state index contributed by atoms with van der Waals surface area (Å²) in [5, 5.41) is 7.97. The van der Waals surface area contributed by atoms with Gasteiger partial charge in [0.25, 0.3) is 5.56 Å². The molecule has 142 valence electrons. The van der Waals surface area contributed by atoms with Crippen molar-refractivity contribution in [2.24, 2.45) is 11.8 Å². The summed E-state index contributed by atoms with van der Waals surface area (Å²) in [5.41, 5.74) is 0.787. The zero-order chi connectivity index (χ0) is 17.7. The smallest absolute Gasteiger partial charge is 0.263 e.